The molecule has 0 heterocycles. The van der Waals surface area contributed by atoms with Crippen LogP contribution in [0.25, 0.3) is 0 Å². The van der Waals surface area contributed by atoms with Gasteiger partial charge in [-0.05, 0) is 36.4 Å². The predicted octanol–water partition coefficient (Wildman–Crippen LogP) is 2.37. The van der Waals surface area contributed by atoms with Crippen LogP contribution in [-0.4, -0.2) is 27.1 Å². The summed E-state index contributed by atoms with van der Waals surface area (Å²) in [6, 6.07) is 10.1. The number of nitrogens with one attached hydrogen (secondary N) is 1. The highest BCUT2D eigenvalue weighted by Crippen LogP contribution is 2.18. The summed E-state index contributed by atoms with van der Waals surface area (Å²) in [5, 5.41) is 2.39. The van der Waals surface area contributed by atoms with Gasteiger partial charge in [0.15, 0.2) is 0 Å². The molecule has 2 aromatic rings. The molecule has 0 unspecified atom stereocenters. The smallest absolute Gasteiger partial charge is 0.245 e. The SMILES string of the molecule is CS(=O)(=O)N(CC(=O)Nc1cccc(F)c1)c1cccc(F)c1. The maximum Gasteiger partial charge on any atom is 0.245 e. The lowest BCUT2D eigenvalue weighted by Crippen LogP contribution is -2.37. The molecule has 0 saturated carbocycles. The van der Waals surface area contributed by atoms with Crippen molar-refractivity contribution in [1.82, 2.24) is 0 Å². The summed E-state index contributed by atoms with van der Waals surface area (Å²) in [4.78, 5) is 12.0. The molecule has 0 radical (unpaired) electrons. The highest BCUT2D eigenvalue weighted by Gasteiger charge is 2.21. The van der Waals surface area contributed by atoms with Crippen LogP contribution in [0.2, 0.25) is 0 Å². The van der Waals surface area contributed by atoms with E-state index in [1.807, 2.05) is 0 Å². The second-order valence-corrected chi connectivity index (χ2v) is 6.71. The van der Waals surface area contributed by atoms with Gasteiger partial charge in [-0.15, -0.1) is 0 Å². The fourth-order valence-corrected chi connectivity index (χ4v) is 2.78. The number of carbonyl (C=O) groups excluding carboxylic acids is 1. The molecule has 5 nitrogen and oxygen atoms in total. The van der Waals surface area contributed by atoms with Gasteiger partial charge in [-0.3, -0.25) is 9.10 Å². The first-order valence-electron chi connectivity index (χ1n) is 6.54. The molecule has 2 aromatic carbocycles. The number of hydrogen-bond acceptors (Lipinski definition) is 3. The van der Waals surface area contributed by atoms with Crippen LogP contribution in [0.15, 0.2) is 48.5 Å². The quantitative estimate of drug-likeness (QED) is 0.909. The number of benzene rings is 2. The molecule has 0 spiro atoms. The molecular weight excluding hydrogens is 326 g/mol. The van der Waals surface area contributed by atoms with E-state index in [0.717, 1.165) is 28.8 Å². The Labute approximate surface area is 132 Å². The number of amides is 1. The number of nitrogens with zero attached hydrogens (tertiary/aromatic N) is 1. The molecule has 0 aliphatic carbocycles. The summed E-state index contributed by atoms with van der Waals surface area (Å²) < 4.78 is 50.8. The van der Waals surface area contributed by atoms with E-state index in [4.69, 9.17) is 0 Å². The van der Waals surface area contributed by atoms with E-state index < -0.39 is 34.1 Å². The average Bonchev–Trinajstić information content (AvgIpc) is 2.43. The lowest BCUT2D eigenvalue weighted by molar-refractivity contribution is -0.114. The molecule has 0 aliphatic rings. The monoisotopic (exact) mass is 340 g/mol. The van der Waals surface area contributed by atoms with E-state index in [2.05, 4.69) is 5.32 Å². The number of hydrogen-bond donors (Lipinski definition) is 1. The average molecular weight is 340 g/mol. The minimum absolute atomic E-state index is 0.0295. The fourth-order valence-electron chi connectivity index (χ4n) is 1.93. The standard InChI is InChI=1S/C15H14F2N2O3S/c1-23(21,22)19(14-7-3-5-12(17)9-14)10-15(20)18-13-6-2-4-11(16)8-13/h2-9H,10H2,1H3,(H,18,20). The van der Waals surface area contributed by atoms with Gasteiger partial charge < -0.3 is 5.32 Å². The molecule has 0 fully saturated rings. The van der Waals surface area contributed by atoms with E-state index in [-0.39, 0.29) is 11.4 Å². The molecule has 122 valence electrons. The third-order valence-electron chi connectivity index (χ3n) is 2.89. The molecule has 1 amide bonds. The van der Waals surface area contributed by atoms with E-state index in [9.17, 15) is 22.0 Å². The molecule has 1 N–H and O–H groups in total. The molecule has 0 saturated heterocycles. The number of halogens is 2. The molecule has 0 bridgehead atoms. The minimum Gasteiger partial charge on any atom is -0.324 e. The summed E-state index contributed by atoms with van der Waals surface area (Å²) in [6.07, 6.45) is 0.910. The second-order valence-electron chi connectivity index (χ2n) is 4.81. The summed E-state index contributed by atoms with van der Waals surface area (Å²) in [6.45, 7) is -0.557. The van der Waals surface area contributed by atoms with E-state index in [1.54, 1.807) is 0 Å². The van der Waals surface area contributed by atoms with Crippen LogP contribution in [0.3, 0.4) is 0 Å². The zero-order valence-corrected chi connectivity index (χ0v) is 13.0. The van der Waals surface area contributed by atoms with Gasteiger partial charge in [0.2, 0.25) is 15.9 Å². The first kappa shape index (κ1) is 16.9. The van der Waals surface area contributed by atoms with Crippen molar-refractivity contribution < 1.29 is 22.0 Å². The molecule has 0 aliphatic heterocycles. The van der Waals surface area contributed by atoms with Crippen molar-refractivity contribution in [1.29, 1.82) is 0 Å². The van der Waals surface area contributed by atoms with Gasteiger partial charge in [0.25, 0.3) is 0 Å². The molecule has 0 atom stereocenters. The third kappa shape index (κ3) is 4.75. The number of sulfonamides is 1. The fraction of sp³-hybridized carbons (Fsp3) is 0.133. The molecular formula is C15H14F2N2O3S. The maximum atomic E-state index is 13.3. The van der Waals surface area contributed by atoms with Crippen molar-refractivity contribution in [2.75, 3.05) is 22.4 Å². The highest BCUT2D eigenvalue weighted by atomic mass is 32.2. The number of rotatable bonds is 5. The Morgan fingerprint density at radius 3 is 2.26 bits per heavy atom. The van der Waals surface area contributed by atoms with Crippen LogP contribution in [-0.2, 0) is 14.8 Å². The van der Waals surface area contributed by atoms with Crippen LogP contribution >= 0.6 is 0 Å². The second kappa shape index (κ2) is 6.74. The Balaban J connectivity index is 2.20. The van der Waals surface area contributed by atoms with E-state index >= 15 is 0 Å². The Bertz CT molecular complexity index is 825. The molecule has 23 heavy (non-hydrogen) atoms. The molecule has 8 heteroatoms. The van der Waals surface area contributed by atoms with Gasteiger partial charge in [0.1, 0.15) is 18.2 Å². The Morgan fingerprint density at radius 2 is 1.70 bits per heavy atom. The van der Waals surface area contributed by atoms with Crippen LogP contribution in [0.1, 0.15) is 0 Å². The van der Waals surface area contributed by atoms with Gasteiger partial charge in [-0.25, -0.2) is 17.2 Å². The summed E-state index contributed by atoms with van der Waals surface area (Å²) in [5.41, 5.74) is 0.226. The van der Waals surface area contributed by atoms with Crippen molar-refractivity contribution in [3.8, 4) is 0 Å². The lowest BCUT2D eigenvalue weighted by Gasteiger charge is -2.21. The molecule has 2 rings (SSSR count). The first-order chi connectivity index (χ1) is 10.8. The van der Waals surface area contributed by atoms with Gasteiger partial charge in [-0.1, -0.05) is 12.1 Å². The number of carbonyl (C=O) groups is 1. The van der Waals surface area contributed by atoms with Crippen LogP contribution in [0, 0.1) is 11.6 Å². The van der Waals surface area contributed by atoms with Crippen molar-refractivity contribution in [2.45, 2.75) is 0 Å². The van der Waals surface area contributed by atoms with Gasteiger partial charge in [-0.2, -0.15) is 0 Å². The van der Waals surface area contributed by atoms with Gasteiger partial charge >= 0.3 is 0 Å². The number of anilines is 2. The van der Waals surface area contributed by atoms with Crippen molar-refractivity contribution in [3.05, 3.63) is 60.2 Å². The normalized spacial score (nSPS) is 11.1. The van der Waals surface area contributed by atoms with Crippen molar-refractivity contribution in [3.63, 3.8) is 0 Å². The maximum absolute atomic E-state index is 13.3. The van der Waals surface area contributed by atoms with Crippen LogP contribution < -0.4 is 9.62 Å². The zero-order chi connectivity index (χ0) is 17.0. The van der Waals surface area contributed by atoms with Gasteiger partial charge in [0.05, 0.1) is 11.9 Å². The van der Waals surface area contributed by atoms with Crippen molar-refractivity contribution in [2.24, 2.45) is 0 Å². The topological polar surface area (TPSA) is 66.5 Å². The van der Waals surface area contributed by atoms with E-state index in [0.29, 0.717) is 0 Å². The van der Waals surface area contributed by atoms with Crippen LogP contribution in [0.4, 0.5) is 20.2 Å². The first-order valence-corrected chi connectivity index (χ1v) is 8.39. The van der Waals surface area contributed by atoms with Crippen LogP contribution in [0.5, 0.6) is 0 Å². The minimum atomic E-state index is -3.80. The Hall–Kier alpha value is -2.48. The zero-order valence-electron chi connectivity index (χ0n) is 12.2. The van der Waals surface area contributed by atoms with Crippen molar-refractivity contribution >= 4 is 27.3 Å². The van der Waals surface area contributed by atoms with Gasteiger partial charge in [0, 0.05) is 5.69 Å². The largest absolute Gasteiger partial charge is 0.324 e. The molecule has 0 aromatic heterocycles. The highest BCUT2D eigenvalue weighted by molar-refractivity contribution is 7.92. The summed E-state index contributed by atoms with van der Waals surface area (Å²) in [7, 11) is -3.80. The lowest BCUT2D eigenvalue weighted by atomic mass is 10.3. The third-order valence-corrected chi connectivity index (χ3v) is 4.03. The Morgan fingerprint density at radius 1 is 1.09 bits per heavy atom. The summed E-state index contributed by atoms with van der Waals surface area (Å²) in [5.74, 6) is -1.83. The summed E-state index contributed by atoms with van der Waals surface area (Å²) >= 11 is 0. The predicted molar refractivity (Wildman–Crippen MR) is 83.6 cm³/mol. The Kier molecular flexibility index (Phi) is 4.95. The van der Waals surface area contributed by atoms with E-state index in [1.165, 1.54) is 30.3 Å².